The maximum atomic E-state index is 12.5. The Hall–Kier alpha value is -1.30. The molecule has 0 fully saturated rings. The second kappa shape index (κ2) is 5.35. The Morgan fingerprint density at radius 2 is 2.06 bits per heavy atom. The smallest absolute Gasteiger partial charge is 0.359 e. The molecule has 1 heterocycles. The summed E-state index contributed by atoms with van der Waals surface area (Å²) >= 11 is 0. The van der Waals surface area contributed by atoms with Crippen molar-refractivity contribution in [1.82, 2.24) is 4.98 Å². The third-order valence-electron chi connectivity index (χ3n) is 2.34. The van der Waals surface area contributed by atoms with Gasteiger partial charge in [0, 0.05) is 18.8 Å². The zero-order valence-corrected chi connectivity index (χ0v) is 9.83. The first-order chi connectivity index (χ1) is 7.85. The number of hydrogen-bond acceptors (Lipinski definition) is 3. The van der Waals surface area contributed by atoms with E-state index in [0.29, 0.717) is 11.4 Å². The SMILES string of the molecule is CC(C)N(CC(F)(F)F)c1cccnc1CN. The van der Waals surface area contributed by atoms with Gasteiger partial charge in [-0.25, -0.2) is 0 Å². The molecular formula is C11H16F3N3. The Kier molecular flexibility index (Phi) is 4.34. The van der Waals surface area contributed by atoms with E-state index in [9.17, 15) is 13.2 Å². The average molecular weight is 247 g/mol. The van der Waals surface area contributed by atoms with Gasteiger partial charge in [0.2, 0.25) is 0 Å². The van der Waals surface area contributed by atoms with Crippen molar-refractivity contribution in [3.63, 3.8) is 0 Å². The summed E-state index contributed by atoms with van der Waals surface area (Å²) in [7, 11) is 0. The van der Waals surface area contributed by atoms with Crippen LogP contribution in [0.25, 0.3) is 0 Å². The highest BCUT2D eigenvalue weighted by Gasteiger charge is 2.32. The monoisotopic (exact) mass is 247 g/mol. The van der Waals surface area contributed by atoms with Gasteiger partial charge in [0.1, 0.15) is 6.54 Å². The number of rotatable bonds is 4. The van der Waals surface area contributed by atoms with Crippen LogP contribution in [0.5, 0.6) is 0 Å². The van der Waals surface area contributed by atoms with E-state index in [2.05, 4.69) is 4.98 Å². The summed E-state index contributed by atoms with van der Waals surface area (Å²) in [4.78, 5) is 5.26. The minimum absolute atomic E-state index is 0.122. The van der Waals surface area contributed by atoms with Crippen LogP contribution in [0, 0.1) is 0 Å². The number of pyridine rings is 1. The zero-order valence-electron chi connectivity index (χ0n) is 9.83. The van der Waals surface area contributed by atoms with Crippen molar-refractivity contribution >= 4 is 5.69 Å². The fraction of sp³-hybridized carbons (Fsp3) is 0.545. The molecule has 0 unspecified atom stereocenters. The summed E-state index contributed by atoms with van der Waals surface area (Å²) in [5.41, 5.74) is 6.41. The topological polar surface area (TPSA) is 42.2 Å². The fourth-order valence-electron chi connectivity index (χ4n) is 1.59. The molecule has 0 radical (unpaired) electrons. The number of halogens is 3. The molecule has 1 rings (SSSR count). The maximum Gasteiger partial charge on any atom is 0.405 e. The highest BCUT2D eigenvalue weighted by molar-refractivity contribution is 5.51. The summed E-state index contributed by atoms with van der Waals surface area (Å²) in [6.45, 7) is 2.54. The number of alkyl halides is 3. The first-order valence-electron chi connectivity index (χ1n) is 5.32. The van der Waals surface area contributed by atoms with Gasteiger partial charge in [-0.3, -0.25) is 4.98 Å². The Morgan fingerprint density at radius 3 is 2.53 bits per heavy atom. The van der Waals surface area contributed by atoms with Crippen molar-refractivity contribution in [2.45, 2.75) is 32.6 Å². The van der Waals surface area contributed by atoms with Gasteiger partial charge in [0.05, 0.1) is 11.4 Å². The molecule has 0 saturated carbocycles. The van der Waals surface area contributed by atoms with Gasteiger partial charge >= 0.3 is 6.18 Å². The van der Waals surface area contributed by atoms with Crippen molar-refractivity contribution < 1.29 is 13.2 Å². The van der Waals surface area contributed by atoms with Crippen molar-refractivity contribution in [2.24, 2.45) is 5.73 Å². The van der Waals surface area contributed by atoms with Crippen LogP contribution in [0.3, 0.4) is 0 Å². The van der Waals surface area contributed by atoms with E-state index in [1.807, 2.05) is 0 Å². The van der Waals surface area contributed by atoms with Crippen LogP contribution >= 0.6 is 0 Å². The Labute approximate surface area is 98.4 Å². The highest BCUT2D eigenvalue weighted by atomic mass is 19.4. The van der Waals surface area contributed by atoms with Crippen molar-refractivity contribution in [3.05, 3.63) is 24.0 Å². The predicted molar refractivity (Wildman–Crippen MR) is 60.7 cm³/mol. The minimum Gasteiger partial charge on any atom is -0.359 e. The molecule has 0 aromatic carbocycles. The standard InChI is InChI=1S/C11H16F3N3/c1-8(2)17(7-11(12,13)14)10-4-3-5-16-9(10)6-15/h3-5,8H,6-7,15H2,1-2H3. The average Bonchev–Trinajstić information content (AvgIpc) is 2.24. The van der Waals surface area contributed by atoms with Gasteiger partial charge in [-0.2, -0.15) is 13.2 Å². The van der Waals surface area contributed by atoms with Crippen LogP contribution in [0.15, 0.2) is 18.3 Å². The Bertz CT molecular complexity index is 363. The van der Waals surface area contributed by atoms with E-state index >= 15 is 0 Å². The highest BCUT2D eigenvalue weighted by Crippen LogP contribution is 2.25. The lowest BCUT2D eigenvalue weighted by molar-refractivity contribution is -0.120. The third kappa shape index (κ3) is 3.89. The van der Waals surface area contributed by atoms with Gasteiger partial charge in [0.15, 0.2) is 0 Å². The predicted octanol–water partition coefficient (Wildman–Crippen LogP) is 2.32. The lowest BCUT2D eigenvalue weighted by Crippen LogP contribution is -2.40. The summed E-state index contributed by atoms with van der Waals surface area (Å²) in [6.07, 6.45) is -2.72. The van der Waals surface area contributed by atoms with Crippen LogP contribution in [0.1, 0.15) is 19.5 Å². The molecule has 0 amide bonds. The minimum atomic E-state index is -4.24. The summed E-state index contributed by atoms with van der Waals surface area (Å²) < 4.78 is 37.5. The summed E-state index contributed by atoms with van der Waals surface area (Å²) in [5.74, 6) is 0. The van der Waals surface area contributed by atoms with Crippen LogP contribution in [-0.2, 0) is 6.54 Å². The van der Waals surface area contributed by atoms with Crippen LogP contribution in [0.2, 0.25) is 0 Å². The molecule has 0 aliphatic rings. The van der Waals surface area contributed by atoms with Gasteiger partial charge in [0.25, 0.3) is 0 Å². The maximum absolute atomic E-state index is 12.5. The lowest BCUT2D eigenvalue weighted by atomic mass is 10.2. The van der Waals surface area contributed by atoms with Crippen molar-refractivity contribution in [2.75, 3.05) is 11.4 Å². The van der Waals surface area contributed by atoms with Crippen LogP contribution in [0.4, 0.5) is 18.9 Å². The number of nitrogens with two attached hydrogens (primary N) is 1. The number of aromatic nitrogens is 1. The normalized spacial score (nSPS) is 11.9. The molecule has 0 bridgehead atoms. The molecule has 0 spiro atoms. The fourth-order valence-corrected chi connectivity index (χ4v) is 1.59. The first-order valence-corrected chi connectivity index (χ1v) is 5.32. The molecule has 0 aliphatic heterocycles. The number of nitrogens with zero attached hydrogens (tertiary/aromatic N) is 2. The van der Waals surface area contributed by atoms with Gasteiger partial charge in [-0.1, -0.05) is 0 Å². The van der Waals surface area contributed by atoms with E-state index in [0.717, 1.165) is 0 Å². The molecule has 17 heavy (non-hydrogen) atoms. The first kappa shape index (κ1) is 13.8. The van der Waals surface area contributed by atoms with Gasteiger partial charge in [-0.15, -0.1) is 0 Å². The van der Waals surface area contributed by atoms with Crippen LogP contribution in [-0.4, -0.2) is 23.7 Å². The van der Waals surface area contributed by atoms with Gasteiger partial charge in [-0.05, 0) is 26.0 Å². The Morgan fingerprint density at radius 1 is 1.41 bits per heavy atom. The molecule has 1 aromatic rings. The van der Waals surface area contributed by atoms with Crippen LogP contribution < -0.4 is 10.6 Å². The second-order valence-corrected chi connectivity index (χ2v) is 4.01. The molecule has 6 heteroatoms. The molecule has 0 atom stereocenters. The third-order valence-corrected chi connectivity index (χ3v) is 2.34. The van der Waals surface area contributed by atoms with Crippen molar-refractivity contribution in [3.8, 4) is 0 Å². The van der Waals surface area contributed by atoms with Gasteiger partial charge < -0.3 is 10.6 Å². The molecule has 0 saturated heterocycles. The number of anilines is 1. The van der Waals surface area contributed by atoms with E-state index < -0.39 is 12.7 Å². The second-order valence-electron chi connectivity index (χ2n) is 4.01. The molecule has 96 valence electrons. The van der Waals surface area contributed by atoms with E-state index in [4.69, 9.17) is 5.73 Å². The molecule has 0 aliphatic carbocycles. The Balaban J connectivity index is 3.05. The quantitative estimate of drug-likeness (QED) is 0.887. The van der Waals surface area contributed by atoms with E-state index in [1.165, 1.54) is 11.1 Å². The van der Waals surface area contributed by atoms with E-state index in [1.54, 1.807) is 26.0 Å². The van der Waals surface area contributed by atoms with Crippen molar-refractivity contribution in [1.29, 1.82) is 0 Å². The molecule has 1 aromatic heterocycles. The molecule has 3 nitrogen and oxygen atoms in total. The summed E-state index contributed by atoms with van der Waals surface area (Å²) in [5, 5.41) is 0. The lowest BCUT2D eigenvalue weighted by Gasteiger charge is -2.30. The molecular weight excluding hydrogens is 231 g/mol. The van der Waals surface area contributed by atoms with E-state index in [-0.39, 0.29) is 12.6 Å². The number of hydrogen-bond donors (Lipinski definition) is 1. The zero-order chi connectivity index (χ0) is 13.1. The largest absolute Gasteiger partial charge is 0.405 e. The molecule has 2 N–H and O–H groups in total. The summed E-state index contributed by atoms with van der Waals surface area (Å²) in [6, 6.07) is 2.95.